The highest BCUT2D eigenvalue weighted by molar-refractivity contribution is 6.10. The molecule has 1 amide bonds. The molecule has 0 atom stereocenters. The molecule has 82 valence electrons. The summed E-state index contributed by atoms with van der Waals surface area (Å²) in [5, 5.41) is 3.45. The lowest BCUT2D eigenvalue weighted by atomic mass is 10.2. The smallest absolute Gasteiger partial charge is 0.282 e. The first-order valence-corrected chi connectivity index (χ1v) is 4.84. The third-order valence-corrected chi connectivity index (χ3v) is 2.30. The molecule has 16 heavy (non-hydrogen) atoms. The molecule has 2 rings (SSSR count). The van der Waals surface area contributed by atoms with Crippen molar-refractivity contribution < 1.29 is 4.79 Å². The van der Waals surface area contributed by atoms with E-state index in [1.165, 1.54) is 0 Å². The molecule has 0 bridgehead atoms. The Hall–Kier alpha value is -2.30. The number of carbonyl (C=O) groups is 1. The highest BCUT2D eigenvalue weighted by Crippen LogP contribution is 2.18. The number of amides is 1. The van der Waals surface area contributed by atoms with Crippen molar-refractivity contribution in [3.05, 3.63) is 36.0 Å². The lowest BCUT2D eigenvalue weighted by molar-refractivity contribution is 0.100. The Labute approximate surface area is 92.4 Å². The molecule has 0 saturated heterocycles. The minimum Gasteiger partial charge on any atom is -0.370 e. The number of guanidine groups is 1. The molecule has 1 aromatic heterocycles. The predicted molar refractivity (Wildman–Crippen MR) is 63.3 cm³/mol. The van der Waals surface area contributed by atoms with Crippen LogP contribution in [0.1, 0.15) is 10.4 Å². The summed E-state index contributed by atoms with van der Waals surface area (Å²) >= 11 is 0. The molecule has 1 heterocycles. The average Bonchev–Trinajstić information content (AvgIpc) is 2.72. The lowest BCUT2D eigenvalue weighted by Gasteiger charge is -1.97. The zero-order chi connectivity index (χ0) is 11.5. The van der Waals surface area contributed by atoms with Crippen molar-refractivity contribution >= 4 is 22.8 Å². The molecule has 5 heteroatoms. The summed E-state index contributed by atoms with van der Waals surface area (Å²) in [7, 11) is 1.61. The first-order chi connectivity index (χ1) is 7.72. The van der Waals surface area contributed by atoms with Gasteiger partial charge in [-0.25, -0.2) is 0 Å². The Balaban J connectivity index is 2.44. The second-order valence-corrected chi connectivity index (χ2v) is 3.30. The fraction of sp³-hybridized carbons (Fsp3) is 0.0909. The van der Waals surface area contributed by atoms with Gasteiger partial charge in [-0.3, -0.25) is 4.79 Å². The van der Waals surface area contributed by atoms with Crippen LogP contribution in [0.4, 0.5) is 0 Å². The number of nitrogens with zero attached hydrogens (tertiary/aromatic N) is 1. The largest absolute Gasteiger partial charge is 0.370 e. The third-order valence-electron chi connectivity index (χ3n) is 2.30. The third kappa shape index (κ3) is 1.75. The number of hydrogen-bond acceptors (Lipinski definition) is 1. The van der Waals surface area contributed by atoms with Gasteiger partial charge in [-0.05, 0) is 6.07 Å². The number of hydrogen-bond donors (Lipinski definition) is 3. The van der Waals surface area contributed by atoms with E-state index in [4.69, 9.17) is 5.73 Å². The Kier molecular flexibility index (Phi) is 2.59. The first kappa shape index (κ1) is 10.2. The quantitative estimate of drug-likeness (QED) is 0.488. The van der Waals surface area contributed by atoms with Gasteiger partial charge < -0.3 is 16.0 Å². The first-order valence-electron chi connectivity index (χ1n) is 4.84. The number of aliphatic imine (C=N–C) groups is 1. The highest BCUT2D eigenvalue weighted by Gasteiger charge is 2.10. The molecule has 0 spiro atoms. The molecule has 0 unspecified atom stereocenters. The van der Waals surface area contributed by atoms with Crippen LogP contribution in [0.25, 0.3) is 10.9 Å². The maximum atomic E-state index is 11.8. The van der Waals surface area contributed by atoms with Crippen LogP contribution in [0.5, 0.6) is 0 Å². The number of benzene rings is 1. The fourth-order valence-electron chi connectivity index (χ4n) is 1.47. The van der Waals surface area contributed by atoms with Crippen LogP contribution < -0.4 is 11.1 Å². The SMILES string of the molecule is CNC(N)=NC(=O)c1c[nH]c2ccccc12. The monoisotopic (exact) mass is 216 g/mol. The standard InChI is InChI=1S/C11H12N4O/c1-13-11(12)15-10(16)8-6-14-9-5-3-2-4-7(8)9/h2-6,14H,1H3,(H3,12,13,15,16). The van der Waals surface area contributed by atoms with Crippen molar-refractivity contribution in [3.8, 4) is 0 Å². The molecule has 2 aromatic rings. The van der Waals surface area contributed by atoms with E-state index in [2.05, 4.69) is 15.3 Å². The summed E-state index contributed by atoms with van der Waals surface area (Å²) in [6.07, 6.45) is 1.64. The van der Waals surface area contributed by atoms with Gasteiger partial charge in [-0.2, -0.15) is 4.99 Å². The molecule has 0 saturated carbocycles. The molecule has 0 radical (unpaired) electrons. The van der Waals surface area contributed by atoms with E-state index in [9.17, 15) is 4.79 Å². The zero-order valence-corrected chi connectivity index (χ0v) is 8.82. The Morgan fingerprint density at radius 2 is 2.19 bits per heavy atom. The summed E-state index contributed by atoms with van der Waals surface area (Å²) in [6, 6.07) is 7.54. The maximum absolute atomic E-state index is 11.8. The van der Waals surface area contributed by atoms with Gasteiger partial charge in [0.1, 0.15) is 0 Å². The van der Waals surface area contributed by atoms with Gasteiger partial charge in [0.15, 0.2) is 5.96 Å². The summed E-state index contributed by atoms with van der Waals surface area (Å²) in [5.74, 6) is -0.250. The zero-order valence-electron chi connectivity index (χ0n) is 8.82. The van der Waals surface area contributed by atoms with Crippen LogP contribution in [-0.2, 0) is 0 Å². The van der Waals surface area contributed by atoms with Crippen molar-refractivity contribution in [1.29, 1.82) is 0 Å². The molecule has 5 nitrogen and oxygen atoms in total. The van der Waals surface area contributed by atoms with E-state index in [0.717, 1.165) is 10.9 Å². The van der Waals surface area contributed by atoms with Gasteiger partial charge in [0.05, 0.1) is 5.56 Å². The van der Waals surface area contributed by atoms with E-state index in [1.54, 1.807) is 13.2 Å². The van der Waals surface area contributed by atoms with Crippen molar-refractivity contribution in [2.24, 2.45) is 10.7 Å². The maximum Gasteiger partial charge on any atom is 0.282 e. The summed E-state index contributed by atoms with van der Waals surface area (Å²) < 4.78 is 0. The van der Waals surface area contributed by atoms with Crippen molar-refractivity contribution in [2.75, 3.05) is 7.05 Å². The number of H-pyrrole nitrogens is 1. The van der Waals surface area contributed by atoms with Gasteiger partial charge in [-0.1, -0.05) is 18.2 Å². The summed E-state index contributed by atoms with van der Waals surface area (Å²) in [5.41, 5.74) is 6.86. The van der Waals surface area contributed by atoms with Gasteiger partial charge in [0.2, 0.25) is 0 Å². The van der Waals surface area contributed by atoms with Crippen LogP contribution in [0.2, 0.25) is 0 Å². The molecular formula is C11H12N4O. The molecule has 0 aliphatic carbocycles. The van der Waals surface area contributed by atoms with E-state index < -0.39 is 0 Å². The van der Waals surface area contributed by atoms with Gasteiger partial charge in [0.25, 0.3) is 5.91 Å². The van der Waals surface area contributed by atoms with Crippen molar-refractivity contribution in [1.82, 2.24) is 10.3 Å². The summed E-state index contributed by atoms with van der Waals surface area (Å²) in [4.78, 5) is 18.5. The topological polar surface area (TPSA) is 83.3 Å². The van der Waals surface area contributed by atoms with Crippen LogP contribution >= 0.6 is 0 Å². The van der Waals surface area contributed by atoms with Crippen molar-refractivity contribution in [3.63, 3.8) is 0 Å². The van der Waals surface area contributed by atoms with Crippen molar-refractivity contribution in [2.45, 2.75) is 0 Å². The molecule has 0 aliphatic rings. The Morgan fingerprint density at radius 1 is 1.44 bits per heavy atom. The average molecular weight is 216 g/mol. The lowest BCUT2D eigenvalue weighted by Crippen LogP contribution is -2.28. The second-order valence-electron chi connectivity index (χ2n) is 3.30. The summed E-state index contributed by atoms with van der Waals surface area (Å²) in [6.45, 7) is 0. The van der Waals surface area contributed by atoms with E-state index in [1.807, 2.05) is 24.3 Å². The molecular weight excluding hydrogens is 204 g/mol. The van der Waals surface area contributed by atoms with Crippen LogP contribution in [-0.4, -0.2) is 23.9 Å². The molecule has 0 fully saturated rings. The fourth-order valence-corrected chi connectivity index (χ4v) is 1.47. The second kappa shape index (κ2) is 4.06. The number of para-hydroxylation sites is 1. The number of aromatic amines is 1. The van der Waals surface area contributed by atoms with Crippen LogP contribution in [0.3, 0.4) is 0 Å². The Bertz CT molecular complexity index is 556. The number of fused-ring (bicyclic) bond motifs is 1. The molecule has 0 aliphatic heterocycles. The predicted octanol–water partition coefficient (Wildman–Crippen LogP) is 0.842. The highest BCUT2D eigenvalue weighted by atomic mass is 16.1. The number of nitrogens with one attached hydrogen (secondary N) is 2. The van der Waals surface area contributed by atoms with Gasteiger partial charge in [-0.15, -0.1) is 0 Å². The van der Waals surface area contributed by atoms with Gasteiger partial charge in [0, 0.05) is 24.1 Å². The minimum atomic E-state index is -0.357. The van der Waals surface area contributed by atoms with E-state index >= 15 is 0 Å². The normalized spacial score (nSPS) is 11.7. The van der Waals surface area contributed by atoms with E-state index in [-0.39, 0.29) is 11.9 Å². The minimum absolute atomic E-state index is 0.107. The molecule has 4 N–H and O–H groups in total. The molecule has 1 aromatic carbocycles. The number of aromatic nitrogens is 1. The van der Waals surface area contributed by atoms with Crippen LogP contribution in [0, 0.1) is 0 Å². The number of rotatable bonds is 1. The van der Waals surface area contributed by atoms with Gasteiger partial charge >= 0.3 is 0 Å². The van der Waals surface area contributed by atoms with Crippen LogP contribution in [0.15, 0.2) is 35.5 Å². The number of nitrogens with two attached hydrogens (primary N) is 1. The Morgan fingerprint density at radius 3 is 2.94 bits per heavy atom. The van der Waals surface area contributed by atoms with E-state index in [0.29, 0.717) is 5.56 Å². The number of carbonyl (C=O) groups excluding carboxylic acids is 1.